The lowest BCUT2D eigenvalue weighted by atomic mass is 10.2. The number of likely N-dealkylation sites (N-methyl/N-ethyl adjacent to an activating group) is 1. The lowest BCUT2D eigenvalue weighted by Crippen LogP contribution is -3.00. The number of aliphatic imine (C=N–C) groups is 1. The first-order valence-corrected chi connectivity index (χ1v) is 7.82. The van der Waals surface area contributed by atoms with Crippen LogP contribution >= 0.6 is 0 Å². The van der Waals surface area contributed by atoms with Crippen molar-refractivity contribution in [2.24, 2.45) is 4.99 Å². The highest BCUT2D eigenvalue weighted by Crippen LogP contribution is 2.11. The summed E-state index contributed by atoms with van der Waals surface area (Å²) in [6, 6.07) is 8.17. The molecule has 0 N–H and O–H groups in total. The SMILES string of the molecule is CC=C=NCCOCC[N+](C)(C)CCOc1ccc(C)cc1.[HH].[I-].[I-]. The number of hydrogen-bond acceptors (Lipinski definition) is 3. The van der Waals surface area contributed by atoms with Crippen LogP contribution in [0.1, 0.15) is 13.9 Å². The Hall–Kier alpha value is -0.150. The molecule has 1 aromatic rings. The predicted molar refractivity (Wildman–Crippen MR) is 94.0 cm³/mol. The van der Waals surface area contributed by atoms with Gasteiger partial charge in [-0.05, 0) is 37.9 Å². The molecular formula is C18H31I2N2O2-. The van der Waals surface area contributed by atoms with E-state index in [-0.39, 0.29) is 49.4 Å². The Morgan fingerprint density at radius 2 is 1.71 bits per heavy atom. The van der Waals surface area contributed by atoms with E-state index in [9.17, 15) is 0 Å². The zero-order chi connectivity index (χ0) is 16.3. The Morgan fingerprint density at radius 1 is 1.08 bits per heavy atom. The van der Waals surface area contributed by atoms with E-state index in [1.165, 1.54) is 5.56 Å². The Morgan fingerprint density at radius 3 is 2.33 bits per heavy atom. The Kier molecular flexibility index (Phi) is 16.4. The van der Waals surface area contributed by atoms with E-state index in [2.05, 4.69) is 44.0 Å². The van der Waals surface area contributed by atoms with Gasteiger partial charge < -0.3 is 61.9 Å². The number of benzene rings is 1. The summed E-state index contributed by atoms with van der Waals surface area (Å²) in [4.78, 5) is 4.06. The summed E-state index contributed by atoms with van der Waals surface area (Å²) in [6.45, 7) is 8.68. The molecule has 140 valence electrons. The van der Waals surface area contributed by atoms with Crippen molar-refractivity contribution in [1.29, 1.82) is 0 Å². The minimum Gasteiger partial charge on any atom is -1.00 e. The number of aryl methyl sites for hydroxylation is 1. The van der Waals surface area contributed by atoms with E-state index in [1.807, 2.05) is 19.1 Å². The number of allylic oxidation sites excluding steroid dienone is 1. The zero-order valence-electron chi connectivity index (χ0n) is 15.1. The average Bonchev–Trinajstić information content (AvgIpc) is 2.48. The number of rotatable bonds is 10. The third-order valence-corrected chi connectivity index (χ3v) is 3.40. The molecule has 24 heavy (non-hydrogen) atoms. The molecule has 0 radical (unpaired) electrons. The number of hydrogen-bond donors (Lipinski definition) is 0. The fourth-order valence-corrected chi connectivity index (χ4v) is 1.84. The zero-order valence-corrected chi connectivity index (χ0v) is 19.4. The molecule has 0 amide bonds. The molecule has 0 fully saturated rings. The molecule has 0 bridgehead atoms. The molecule has 0 atom stereocenters. The van der Waals surface area contributed by atoms with Gasteiger partial charge in [-0.1, -0.05) is 17.7 Å². The average molecular weight is 561 g/mol. The van der Waals surface area contributed by atoms with E-state index in [0.29, 0.717) is 19.8 Å². The monoisotopic (exact) mass is 561 g/mol. The van der Waals surface area contributed by atoms with Crippen LogP contribution in [-0.4, -0.2) is 63.9 Å². The van der Waals surface area contributed by atoms with Crippen LogP contribution in [0.25, 0.3) is 0 Å². The summed E-state index contributed by atoms with van der Waals surface area (Å²) in [7, 11) is 4.39. The number of halogens is 2. The normalized spacial score (nSPS) is 10.0. The first-order chi connectivity index (χ1) is 10.5. The summed E-state index contributed by atoms with van der Waals surface area (Å²) in [6.07, 6.45) is 1.80. The van der Waals surface area contributed by atoms with E-state index < -0.39 is 0 Å². The minimum absolute atomic E-state index is 0. The quantitative estimate of drug-likeness (QED) is 0.132. The molecule has 0 saturated carbocycles. The van der Waals surface area contributed by atoms with Crippen LogP contribution in [0.4, 0.5) is 0 Å². The molecule has 6 heteroatoms. The first-order valence-electron chi connectivity index (χ1n) is 7.82. The summed E-state index contributed by atoms with van der Waals surface area (Å²) in [5.41, 5.74) is 1.25. The van der Waals surface area contributed by atoms with Crippen LogP contribution in [-0.2, 0) is 4.74 Å². The molecule has 0 aliphatic carbocycles. The van der Waals surface area contributed by atoms with Crippen molar-refractivity contribution >= 4 is 5.87 Å². The summed E-state index contributed by atoms with van der Waals surface area (Å²) >= 11 is 0. The maximum atomic E-state index is 5.79. The largest absolute Gasteiger partial charge is 1.00 e. The predicted octanol–water partition coefficient (Wildman–Crippen LogP) is -3.03. The van der Waals surface area contributed by atoms with Gasteiger partial charge in [-0.25, -0.2) is 4.99 Å². The fourth-order valence-electron chi connectivity index (χ4n) is 1.84. The van der Waals surface area contributed by atoms with Crippen molar-refractivity contribution < 1.29 is 63.3 Å². The number of ether oxygens (including phenoxy) is 2. The maximum absolute atomic E-state index is 5.79. The van der Waals surface area contributed by atoms with Crippen molar-refractivity contribution in [2.75, 3.05) is 53.6 Å². The third kappa shape index (κ3) is 13.2. The summed E-state index contributed by atoms with van der Waals surface area (Å²) < 4.78 is 12.3. The van der Waals surface area contributed by atoms with Gasteiger partial charge in [0.1, 0.15) is 25.4 Å². The summed E-state index contributed by atoms with van der Waals surface area (Å²) in [5.74, 6) is 3.74. The van der Waals surface area contributed by atoms with Crippen LogP contribution in [0.5, 0.6) is 5.75 Å². The van der Waals surface area contributed by atoms with Crippen LogP contribution in [0, 0.1) is 6.92 Å². The second-order valence-corrected chi connectivity index (χ2v) is 5.96. The highest BCUT2D eigenvalue weighted by atomic mass is 127. The van der Waals surface area contributed by atoms with Gasteiger partial charge in [0.05, 0.1) is 33.9 Å². The van der Waals surface area contributed by atoms with Crippen molar-refractivity contribution in [3.05, 3.63) is 35.9 Å². The minimum atomic E-state index is 0. The summed E-state index contributed by atoms with van der Waals surface area (Å²) in [5, 5.41) is 0. The van der Waals surface area contributed by atoms with Crippen LogP contribution in [0.3, 0.4) is 0 Å². The molecule has 0 aliphatic heterocycles. The number of nitrogens with zero attached hydrogens (tertiary/aromatic N) is 2. The van der Waals surface area contributed by atoms with E-state index in [1.54, 1.807) is 6.08 Å². The molecule has 0 heterocycles. The Labute approximate surface area is 182 Å². The molecular weight excluding hydrogens is 530 g/mol. The van der Waals surface area contributed by atoms with Gasteiger partial charge in [0.25, 0.3) is 0 Å². The van der Waals surface area contributed by atoms with E-state index in [4.69, 9.17) is 9.47 Å². The standard InChI is InChI=1S/C18H29N2O2.2HI.H2/c1-5-10-19-11-14-21-15-12-20(3,4)13-16-22-18-8-6-17(2)7-9-18;;;/h5-9H,11-16H2,1-4H3;3*1H/q+1;;;/p-2. The molecule has 0 unspecified atom stereocenters. The lowest BCUT2D eigenvalue weighted by molar-refractivity contribution is -0.890. The molecule has 0 aliphatic rings. The topological polar surface area (TPSA) is 30.8 Å². The van der Waals surface area contributed by atoms with Crippen LogP contribution in [0.15, 0.2) is 35.3 Å². The van der Waals surface area contributed by atoms with Gasteiger partial charge in [-0.2, -0.15) is 0 Å². The molecule has 1 rings (SSSR count). The maximum Gasteiger partial charge on any atom is 0.137 e. The van der Waals surface area contributed by atoms with Crippen molar-refractivity contribution in [1.82, 2.24) is 0 Å². The highest BCUT2D eigenvalue weighted by molar-refractivity contribution is 5.50. The second kappa shape index (κ2) is 15.1. The Bertz CT molecular complexity index is 490. The molecule has 4 nitrogen and oxygen atoms in total. The first kappa shape index (κ1) is 26.1. The van der Waals surface area contributed by atoms with Gasteiger partial charge in [0, 0.05) is 1.43 Å². The van der Waals surface area contributed by atoms with Crippen molar-refractivity contribution in [3.63, 3.8) is 0 Å². The van der Waals surface area contributed by atoms with Gasteiger partial charge in [0.15, 0.2) is 0 Å². The third-order valence-electron chi connectivity index (χ3n) is 3.40. The van der Waals surface area contributed by atoms with Crippen molar-refractivity contribution in [2.45, 2.75) is 13.8 Å². The van der Waals surface area contributed by atoms with Crippen molar-refractivity contribution in [3.8, 4) is 5.75 Å². The molecule has 0 spiro atoms. The van der Waals surface area contributed by atoms with Crippen LogP contribution in [0.2, 0.25) is 0 Å². The highest BCUT2D eigenvalue weighted by Gasteiger charge is 2.14. The lowest BCUT2D eigenvalue weighted by Gasteiger charge is -2.29. The molecule has 0 saturated heterocycles. The fraction of sp³-hybridized carbons (Fsp3) is 0.556. The van der Waals surface area contributed by atoms with Gasteiger partial charge in [-0.3, -0.25) is 0 Å². The van der Waals surface area contributed by atoms with Gasteiger partial charge in [0.2, 0.25) is 0 Å². The van der Waals surface area contributed by atoms with E-state index >= 15 is 0 Å². The molecule has 1 aromatic carbocycles. The second-order valence-electron chi connectivity index (χ2n) is 5.96. The molecule has 0 aromatic heterocycles. The number of quaternary nitrogens is 1. The Balaban J connectivity index is -0.00000161. The van der Waals surface area contributed by atoms with E-state index in [0.717, 1.165) is 29.9 Å². The van der Waals surface area contributed by atoms with Gasteiger partial charge in [-0.15, -0.1) is 0 Å². The smallest absolute Gasteiger partial charge is 0.137 e. The van der Waals surface area contributed by atoms with Crippen LogP contribution < -0.4 is 52.7 Å². The van der Waals surface area contributed by atoms with Gasteiger partial charge >= 0.3 is 0 Å².